The summed E-state index contributed by atoms with van der Waals surface area (Å²) >= 11 is 0. The first-order chi connectivity index (χ1) is 14.5. The van der Waals surface area contributed by atoms with Crippen LogP contribution in [0.1, 0.15) is 25.0 Å². The van der Waals surface area contributed by atoms with E-state index in [0.717, 1.165) is 28.3 Å². The van der Waals surface area contributed by atoms with Crippen molar-refractivity contribution in [1.82, 2.24) is 14.8 Å². The highest BCUT2D eigenvalue weighted by Crippen LogP contribution is 2.36. The molecule has 3 heterocycles. The summed E-state index contributed by atoms with van der Waals surface area (Å²) in [5.74, 6) is 0.584. The molecule has 3 aromatic rings. The second-order valence-electron chi connectivity index (χ2n) is 7.45. The van der Waals surface area contributed by atoms with Crippen LogP contribution in [0.5, 0.6) is 0 Å². The first kappa shape index (κ1) is 22.6. The number of fused-ring (bicyclic) bond motifs is 1. The lowest BCUT2D eigenvalue weighted by molar-refractivity contribution is -0.119. The fraction of sp³-hybridized carbons (Fsp3) is 0.318. The van der Waals surface area contributed by atoms with Gasteiger partial charge in [-0.1, -0.05) is 12.1 Å². The average Bonchev–Trinajstić information content (AvgIpc) is 3.20. The SMILES string of the molecule is CCN1C(=O)[C@H](C)N(C)c2cc(NCc3cnn(Cc4ccc(F)cc4)c3)ncc21.S. The first-order valence-corrected chi connectivity index (χ1v) is 10.00. The van der Waals surface area contributed by atoms with Crippen molar-refractivity contribution in [3.8, 4) is 0 Å². The highest BCUT2D eigenvalue weighted by atomic mass is 32.1. The lowest BCUT2D eigenvalue weighted by Gasteiger charge is -2.39. The molecule has 31 heavy (non-hydrogen) atoms. The van der Waals surface area contributed by atoms with Gasteiger partial charge >= 0.3 is 0 Å². The summed E-state index contributed by atoms with van der Waals surface area (Å²) in [6, 6.07) is 8.19. The van der Waals surface area contributed by atoms with Crippen LogP contribution in [0.3, 0.4) is 0 Å². The molecule has 0 bridgehead atoms. The standard InChI is InChI=1S/C22H25FN6O.H2S/c1-4-29-20-12-25-21(9-19(20)27(3)15(2)22(29)30)24-10-17-11-26-28(14-17)13-16-5-7-18(23)8-6-16;/h5-9,11-12,14-15H,4,10,13H2,1-3H3,(H,24,25);1H2/t15-;/m0./s1. The van der Waals surface area contributed by atoms with Crippen molar-refractivity contribution < 1.29 is 9.18 Å². The maximum absolute atomic E-state index is 13.0. The third kappa shape index (κ3) is 4.66. The molecule has 1 N–H and O–H groups in total. The van der Waals surface area contributed by atoms with Gasteiger partial charge in [-0.2, -0.15) is 18.6 Å². The first-order valence-electron chi connectivity index (χ1n) is 10.00. The summed E-state index contributed by atoms with van der Waals surface area (Å²) in [5, 5.41) is 7.71. The molecule has 2 aromatic heterocycles. The number of benzene rings is 1. The Morgan fingerprint density at radius 1 is 1.13 bits per heavy atom. The number of nitrogens with one attached hydrogen (secondary N) is 1. The van der Waals surface area contributed by atoms with Gasteiger partial charge in [0.25, 0.3) is 0 Å². The van der Waals surface area contributed by atoms with Crippen molar-refractivity contribution in [1.29, 1.82) is 0 Å². The van der Waals surface area contributed by atoms with Crippen LogP contribution >= 0.6 is 13.5 Å². The smallest absolute Gasteiger partial charge is 0.249 e. The van der Waals surface area contributed by atoms with E-state index in [9.17, 15) is 9.18 Å². The molecule has 0 spiro atoms. The Morgan fingerprint density at radius 2 is 1.87 bits per heavy atom. The zero-order valence-electron chi connectivity index (χ0n) is 17.8. The van der Waals surface area contributed by atoms with Crippen LogP contribution in [0.4, 0.5) is 21.6 Å². The van der Waals surface area contributed by atoms with Gasteiger partial charge in [0.05, 0.1) is 30.3 Å². The molecule has 0 fully saturated rings. The molecular formula is C22H27FN6OS. The van der Waals surface area contributed by atoms with Crippen LogP contribution in [0.2, 0.25) is 0 Å². The summed E-state index contributed by atoms with van der Waals surface area (Å²) in [4.78, 5) is 20.7. The predicted molar refractivity (Wildman–Crippen MR) is 126 cm³/mol. The van der Waals surface area contributed by atoms with Crippen molar-refractivity contribution in [2.24, 2.45) is 0 Å². The molecular weight excluding hydrogens is 415 g/mol. The van der Waals surface area contributed by atoms with Crippen LogP contribution in [0.25, 0.3) is 0 Å². The summed E-state index contributed by atoms with van der Waals surface area (Å²) in [5.41, 5.74) is 3.82. The van der Waals surface area contributed by atoms with Crippen LogP contribution in [-0.4, -0.2) is 40.3 Å². The fourth-order valence-corrected chi connectivity index (χ4v) is 3.62. The van der Waals surface area contributed by atoms with E-state index in [1.165, 1.54) is 12.1 Å². The summed E-state index contributed by atoms with van der Waals surface area (Å²) in [6.45, 7) is 5.66. The topological polar surface area (TPSA) is 66.3 Å². The molecule has 1 aromatic carbocycles. The molecule has 1 aliphatic heterocycles. The number of carbonyl (C=O) groups is 1. The molecule has 0 radical (unpaired) electrons. The van der Waals surface area contributed by atoms with Crippen molar-refractivity contribution in [2.45, 2.75) is 33.0 Å². The number of carbonyl (C=O) groups excluding carboxylic acids is 1. The lowest BCUT2D eigenvalue weighted by Crippen LogP contribution is -2.50. The summed E-state index contributed by atoms with van der Waals surface area (Å²) < 4.78 is 14.9. The molecule has 4 rings (SSSR count). The van der Waals surface area contributed by atoms with Crippen LogP contribution in [0, 0.1) is 5.82 Å². The third-order valence-corrected chi connectivity index (χ3v) is 5.47. The van der Waals surface area contributed by atoms with Gasteiger partial charge in [0, 0.05) is 38.0 Å². The van der Waals surface area contributed by atoms with Gasteiger partial charge in [-0.3, -0.25) is 9.48 Å². The quantitative estimate of drug-likeness (QED) is 0.634. The van der Waals surface area contributed by atoms with E-state index in [0.29, 0.717) is 19.6 Å². The Balaban J connectivity index is 0.00000272. The number of nitrogens with zero attached hydrogens (tertiary/aromatic N) is 5. The molecule has 164 valence electrons. The Morgan fingerprint density at radius 3 is 2.58 bits per heavy atom. The largest absolute Gasteiger partial charge is 0.366 e. The van der Waals surface area contributed by atoms with Crippen molar-refractivity contribution in [2.75, 3.05) is 28.7 Å². The van der Waals surface area contributed by atoms with Gasteiger partial charge in [-0.05, 0) is 31.5 Å². The zero-order valence-corrected chi connectivity index (χ0v) is 18.8. The van der Waals surface area contributed by atoms with E-state index in [1.54, 1.807) is 29.4 Å². The number of halogens is 1. The molecule has 1 atom stereocenters. The number of hydrogen-bond acceptors (Lipinski definition) is 5. The number of hydrogen-bond donors (Lipinski definition) is 1. The monoisotopic (exact) mass is 442 g/mol. The molecule has 9 heteroatoms. The van der Waals surface area contributed by atoms with Gasteiger partial charge in [-0.25, -0.2) is 9.37 Å². The minimum Gasteiger partial charge on any atom is -0.366 e. The number of pyridine rings is 1. The van der Waals surface area contributed by atoms with Gasteiger partial charge in [-0.15, -0.1) is 0 Å². The van der Waals surface area contributed by atoms with E-state index in [-0.39, 0.29) is 31.3 Å². The molecule has 0 saturated carbocycles. The van der Waals surface area contributed by atoms with Crippen LogP contribution in [0.15, 0.2) is 48.9 Å². The normalized spacial score (nSPS) is 15.5. The van der Waals surface area contributed by atoms with Crippen LogP contribution in [-0.2, 0) is 17.9 Å². The van der Waals surface area contributed by atoms with Crippen molar-refractivity contribution >= 4 is 36.6 Å². The van der Waals surface area contributed by atoms with Gasteiger partial charge in [0.15, 0.2) is 0 Å². The average molecular weight is 443 g/mol. The van der Waals surface area contributed by atoms with Gasteiger partial charge in [0.1, 0.15) is 17.7 Å². The molecule has 1 amide bonds. The number of likely N-dealkylation sites (N-methyl/N-ethyl adjacent to an activating group) is 2. The maximum atomic E-state index is 13.0. The molecule has 0 aliphatic carbocycles. The van der Waals surface area contributed by atoms with Crippen molar-refractivity contribution in [3.05, 3.63) is 65.9 Å². The summed E-state index contributed by atoms with van der Waals surface area (Å²) in [7, 11) is 1.93. The van der Waals surface area contributed by atoms with E-state index < -0.39 is 0 Å². The highest BCUT2D eigenvalue weighted by Gasteiger charge is 2.33. The third-order valence-electron chi connectivity index (χ3n) is 5.47. The summed E-state index contributed by atoms with van der Waals surface area (Å²) in [6.07, 6.45) is 5.51. The van der Waals surface area contributed by atoms with Gasteiger partial charge in [0.2, 0.25) is 5.91 Å². The second-order valence-corrected chi connectivity index (χ2v) is 7.45. The minimum atomic E-state index is -0.242. The van der Waals surface area contributed by atoms with E-state index >= 15 is 0 Å². The molecule has 0 saturated heterocycles. The van der Waals surface area contributed by atoms with Crippen LogP contribution < -0.4 is 15.1 Å². The predicted octanol–water partition coefficient (Wildman–Crippen LogP) is 3.38. The van der Waals surface area contributed by atoms with E-state index in [4.69, 9.17) is 0 Å². The number of rotatable bonds is 6. The number of aromatic nitrogens is 3. The Hall–Kier alpha value is -3.07. The Kier molecular flexibility index (Phi) is 6.84. The maximum Gasteiger partial charge on any atom is 0.249 e. The lowest BCUT2D eigenvalue weighted by atomic mass is 10.1. The number of amides is 1. The second kappa shape index (κ2) is 9.38. The van der Waals surface area contributed by atoms with E-state index in [1.807, 2.05) is 42.7 Å². The highest BCUT2D eigenvalue weighted by molar-refractivity contribution is 7.59. The molecule has 7 nitrogen and oxygen atoms in total. The number of anilines is 3. The van der Waals surface area contributed by atoms with Gasteiger partial charge < -0.3 is 15.1 Å². The Labute approximate surface area is 188 Å². The Bertz CT molecular complexity index is 1050. The zero-order chi connectivity index (χ0) is 21.3. The van der Waals surface area contributed by atoms with E-state index in [2.05, 4.69) is 15.4 Å². The fourth-order valence-electron chi connectivity index (χ4n) is 3.62. The van der Waals surface area contributed by atoms with Crippen molar-refractivity contribution in [3.63, 3.8) is 0 Å². The molecule has 1 aliphatic rings. The molecule has 0 unspecified atom stereocenters. The minimum absolute atomic E-state index is 0.